The zero-order chi connectivity index (χ0) is 19.6. The number of carbonyl (C=O) groups is 1. The fraction of sp³-hybridized carbons (Fsp3) is 0.368. The summed E-state index contributed by atoms with van der Waals surface area (Å²) in [5.41, 5.74) is 0.180. The Morgan fingerprint density at radius 3 is 2.52 bits per heavy atom. The molecule has 3 rings (SSSR count). The van der Waals surface area contributed by atoms with Crippen LogP contribution < -0.4 is 5.56 Å². The van der Waals surface area contributed by atoms with Crippen LogP contribution in [0.25, 0.3) is 0 Å². The van der Waals surface area contributed by atoms with E-state index in [9.17, 15) is 19.8 Å². The number of nitrogens with zero attached hydrogens (tertiary/aromatic N) is 2. The van der Waals surface area contributed by atoms with Gasteiger partial charge in [-0.1, -0.05) is 29.3 Å². The number of aliphatic hydroxyl groups is 2. The monoisotopic (exact) mass is 410 g/mol. The van der Waals surface area contributed by atoms with E-state index in [4.69, 9.17) is 23.2 Å². The van der Waals surface area contributed by atoms with E-state index in [1.807, 2.05) is 0 Å². The van der Waals surface area contributed by atoms with E-state index >= 15 is 0 Å². The number of β-amino-alcohol motifs (C(OH)–C–C–N with tert-alkyl or cyclic N) is 1. The number of carbonyl (C=O) groups excluding carboxylic acids is 1. The summed E-state index contributed by atoms with van der Waals surface area (Å²) in [5.74, 6) is -0.682. The van der Waals surface area contributed by atoms with Gasteiger partial charge in [0.2, 0.25) is 0 Å². The zero-order valence-electron chi connectivity index (χ0n) is 14.5. The zero-order valence-corrected chi connectivity index (χ0v) is 16.0. The van der Waals surface area contributed by atoms with Crippen molar-refractivity contribution in [1.82, 2.24) is 9.47 Å². The quantitative estimate of drug-likeness (QED) is 0.807. The molecular weight excluding hydrogens is 391 g/mol. The number of halogens is 2. The van der Waals surface area contributed by atoms with Crippen LogP contribution >= 0.6 is 23.2 Å². The summed E-state index contributed by atoms with van der Waals surface area (Å²) in [6, 6.07) is 8.19. The topological polar surface area (TPSA) is 82.8 Å². The summed E-state index contributed by atoms with van der Waals surface area (Å²) < 4.78 is 1.39. The Hall–Kier alpha value is -1.86. The molecule has 8 heteroatoms. The molecule has 0 radical (unpaired) electrons. The number of pyridine rings is 1. The van der Waals surface area contributed by atoms with Crippen molar-refractivity contribution < 1.29 is 15.0 Å². The van der Waals surface area contributed by atoms with E-state index in [2.05, 4.69) is 0 Å². The Morgan fingerprint density at radius 1 is 1.19 bits per heavy atom. The molecule has 1 aliphatic heterocycles. The molecule has 27 heavy (non-hydrogen) atoms. The SMILES string of the molecule is O=C(c1cccn(Cc2c(Cl)cccc2Cl)c1=O)N1CC[C@H](CO)[C@H](O)C1. The summed E-state index contributed by atoms with van der Waals surface area (Å²) in [7, 11) is 0. The van der Waals surface area contributed by atoms with Gasteiger partial charge in [0, 0.05) is 47.4 Å². The molecule has 0 unspecified atom stereocenters. The van der Waals surface area contributed by atoms with Gasteiger partial charge in [0.05, 0.1) is 12.6 Å². The minimum absolute atomic E-state index is 0.0234. The van der Waals surface area contributed by atoms with Gasteiger partial charge in [-0.3, -0.25) is 9.59 Å². The van der Waals surface area contributed by atoms with Crippen molar-refractivity contribution in [3.63, 3.8) is 0 Å². The average molecular weight is 411 g/mol. The van der Waals surface area contributed by atoms with Gasteiger partial charge in [-0.05, 0) is 30.7 Å². The van der Waals surface area contributed by atoms with Crippen LogP contribution in [-0.2, 0) is 6.54 Å². The van der Waals surface area contributed by atoms with Gasteiger partial charge in [0.15, 0.2) is 0 Å². The van der Waals surface area contributed by atoms with Gasteiger partial charge in [0.1, 0.15) is 5.56 Å². The molecule has 144 valence electrons. The van der Waals surface area contributed by atoms with Crippen molar-refractivity contribution in [3.05, 3.63) is 68.1 Å². The third kappa shape index (κ3) is 4.19. The number of aromatic nitrogens is 1. The molecule has 2 aromatic rings. The summed E-state index contributed by atoms with van der Waals surface area (Å²) in [4.78, 5) is 27.0. The van der Waals surface area contributed by atoms with Gasteiger partial charge in [0.25, 0.3) is 11.5 Å². The van der Waals surface area contributed by atoms with E-state index in [-0.39, 0.29) is 31.2 Å². The van der Waals surface area contributed by atoms with Gasteiger partial charge in [-0.25, -0.2) is 0 Å². The standard InChI is InChI=1S/C19H20Cl2N2O4/c20-15-4-1-5-16(21)14(15)9-22-7-2-3-13(18(22)26)19(27)23-8-6-12(11-24)17(25)10-23/h1-5,7,12,17,24-25H,6,8-11H2/t12-,17-/m1/s1. The van der Waals surface area contributed by atoms with Gasteiger partial charge < -0.3 is 19.7 Å². The van der Waals surface area contributed by atoms with Crippen molar-refractivity contribution in [2.45, 2.75) is 19.1 Å². The van der Waals surface area contributed by atoms with Gasteiger partial charge in [-0.15, -0.1) is 0 Å². The summed E-state index contributed by atoms with van der Waals surface area (Å²) >= 11 is 12.4. The van der Waals surface area contributed by atoms with Crippen LogP contribution in [0, 0.1) is 5.92 Å². The normalized spacial score (nSPS) is 19.9. The predicted octanol–water partition coefficient (Wildman–Crippen LogP) is 2.02. The number of benzene rings is 1. The fourth-order valence-corrected chi connectivity index (χ4v) is 3.74. The molecular formula is C19H20Cl2N2O4. The van der Waals surface area contributed by atoms with Crippen LogP contribution in [-0.4, -0.2) is 51.4 Å². The number of amides is 1. The van der Waals surface area contributed by atoms with Crippen molar-refractivity contribution in [2.24, 2.45) is 5.92 Å². The number of hydrogen-bond acceptors (Lipinski definition) is 4. The van der Waals surface area contributed by atoms with Crippen molar-refractivity contribution in [2.75, 3.05) is 19.7 Å². The first-order chi connectivity index (χ1) is 12.9. The van der Waals surface area contributed by atoms with Crippen LogP contribution in [0.2, 0.25) is 10.0 Å². The lowest BCUT2D eigenvalue weighted by molar-refractivity contribution is 0.000786. The van der Waals surface area contributed by atoms with E-state index in [0.29, 0.717) is 28.6 Å². The Bertz CT molecular complexity index is 879. The Morgan fingerprint density at radius 2 is 1.89 bits per heavy atom. The molecule has 0 bridgehead atoms. The number of piperidine rings is 1. The van der Waals surface area contributed by atoms with Crippen molar-refractivity contribution in [3.8, 4) is 0 Å². The largest absolute Gasteiger partial charge is 0.396 e. The Kier molecular flexibility index (Phi) is 6.22. The molecule has 1 aromatic carbocycles. The highest BCUT2D eigenvalue weighted by Gasteiger charge is 2.31. The van der Waals surface area contributed by atoms with Crippen LogP contribution in [0.3, 0.4) is 0 Å². The third-order valence-corrected chi connectivity index (χ3v) is 5.59. The molecule has 0 spiro atoms. The molecule has 2 atom stereocenters. The van der Waals surface area contributed by atoms with Gasteiger partial charge >= 0.3 is 0 Å². The molecule has 1 aliphatic rings. The molecule has 1 amide bonds. The number of likely N-dealkylation sites (tertiary alicyclic amines) is 1. The van der Waals surface area contributed by atoms with E-state index in [1.54, 1.807) is 30.5 Å². The first-order valence-corrected chi connectivity index (χ1v) is 9.38. The minimum Gasteiger partial charge on any atom is -0.396 e. The second-order valence-electron chi connectivity index (χ2n) is 6.60. The molecule has 2 N–H and O–H groups in total. The number of aliphatic hydroxyl groups excluding tert-OH is 2. The van der Waals surface area contributed by atoms with Crippen LogP contribution in [0.4, 0.5) is 0 Å². The fourth-order valence-electron chi connectivity index (χ4n) is 3.23. The van der Waals surface area contributed by atoms with Crippen LogP contribution in [0.5, 0.6) is 0 Å². The minimum atomic E-state index is -0.805. The lowest BCUT2D eigenvalue weighted by Crippen LogP contribution is -2.48. The molecule has 6 nitrogen and oxygen atoms in total. The second kappa shape index (κ2) is 8.44. The molecule has 1 aromatic heterocycles. The average Bonchev–Trinajstić information content (AvgIpc) is 2.65. The smallest absolute Gasteiger partial charge is 0.263 e. The molecule has 0 aliphatic carbocycles. The highest BCUT2D eigenvalue weighted by molar-refractivity contribution is 6.35. The summed E-state index contributed by atoms with van der Waals surface area (Å²) in [6.45, 7) is 0.494. The number of rotatable bonds is 4. The van der Waals surface area contributed by atoms with Gasteiger partial charge in [-0.2, -0.15) is 0 Å². The highest BCUT2D eigenvalue weighted by atomic mass is 35.5. The maximum atomic E-state index is 12.8. The Labute approximate surface area is 166 Å². The summed E-state index contributed by atoms with van der Waals surface area (Å²) in [5, 5.41) is 20.2. The molecule has 1 fully saturated rings. The lowest BCUT2D eigenvalue weighted by atomic mass is 9.94. The lowest BCUT2D eigenvalue weighted by Gasteiger charge is -2.35. The predicted molar refractivity (Wildman–Crippen MR) is 103 cm³/mol. The Balaban J connectivity index is 1.85. The molecule has 2 heterocycles. The van der Waals surface area contributed by atoms with Crippen molar-refractivity contribution >= 4 is 29.1 Å². The third-order valence-electron chi connectivity index (χ3n) is 4.88. The van der Waals surface area contributed by atoms with E-state index in [1.165, 1.54) is 15.5 Å². The maximum Gasteiger partial charge on any atom is 0.263 e. The van der Waals surface area contributed by atoms with E-state index < -0.39 is 17.6 Å². The van der Waals surface area contributed by atoms with E-state index in [0.717, 1.165) is 0 Å². The maximum absolute atomic E-state index is 12.8. The van der Waals surface area contributed by atoms with Crippen LogP contribution in [0.1, 0.15) is 22.3 Å². The highest BCUT2D eigenvalue weighted by Crippen LogP contribution is 2.25. The summed E-state index contributed by atoms with van der Waals surface area (Å²) in [6.07, 6.45) is 1.26. The molecule has 0 saturated carbocycles. The van der Waals surface area contributed by atoms with Crippen LogP contribution in [0.15, 0.2) is 41.3 Å². The first-order valence-electron chi connectivity index (χ1n) is 8.63. The van der Waals surface area contributed by atoms with Crippen molar-refractivity contribution in [1.29, 1.82) is 0 Å². The second-order valence-corrected chi connectivity index (χ2v) is 7.42. The number of hydrogen-bond donors (Lipinski definition) is 2. The molecule has 1 saturated heterocycles. The first kappa shape index (κ1) is 19.9.